The van der Waals surface area contributed by atoms with E-state index in [1.807, 2.05) is 36.7 Å². The third-order valence-corrected chi connectivity index (χ3v) is 2.89. The third kappa shape index (κ3) is 2.64. The van der Waals surface area contributed by atoms with Crippen LogP contribution in [0, 0.1) is 0 Å². The average molecular weight is 246 g/mol. The van der Waals surface area contributed by atoms with Gasteiger partial charge in [0.2, 0.25) is 0 Å². The Morgan fingerprint density at radius 1 is 1.11 bits per heavy atom. The monoisotopic (exact) mass is 246 g/mol. The standard InChI is InChI=1S/C14H18N2O2/c1-3-8-15-9-10-16(14(15)17)11-12-4-6-13(18-2)7-5-12/h4-7,9-10H,3,8,11H2,1-2H3. The molecule has 0 aliphatic carbocycles. The van der Waals surface area contributed by atoms with E-state index in [4.69, 9.17) is 4.74 Å². The summed E-state index contributed by atoms with van der Waals surface area (Å²) < 4.78 is 8.57. The minimum atomic E-state index is 0.0488. The number of hydrogen-bond acceptors (Lipinski definition) is 2. The van der Waals surface area contributed by atoms with Crippen LogP contribution in [0.25, 0.3) is 0 Å². The lowest BCUT2D eigenvalue weighted by molar-refractivity contribution is 0.414. The Labute approximate surface area is 106 Å². The van der Waals surface area contributed by atoms with Crippen LogP contribution in [0.3, 0.4) is 0 Å². The van der Waals surface area contributed by atoms with E-state index >= 15 is 0 Å². The number of aromatic nitrogens is 2. The zero-order valence-corrected chi connectivity index (χ0v) is 10.8. The SMILES string of the molecule is CCCn1ccn(Cc2ccc(OC)cc2)c1=O. The van der Waals surface area contributed by atoms with Crippen LogP contribution >= 0.6 is 0 Å². The summed E-state index contributed by atoms with van der Waals surface area (Å²) in [5.41, 5.74) is 1.14. The molecular weight excluding hydrogens is 228 g/mol. The number of benzene rings is 1. The van der Waals surface area contributed by atoms with Crippen molar-refractivity contribution in [1.82, 2.24) is 9.13 Å². The van der Waals surface area contributed by atoms with Crippen molar-refractivity contribution in [3.8, 4) is 5.75 Å². The van der Waals surface area contributed by atoms with Crippen LogP contribution in [0.15, 0.2) is 41.5 Å². The van der Waals surface area contributed by atoms with Crippen LogP contribution in [0.5, 0.6) is 5.75 Å². The van der Waals surface area contributed by atoms with Crippen LogP contribution < -0.4 is 10.4 Å². The smallest absolute Gasteiger partial charge is 0.328 e. The summed E-state index contributed by atoms with van der Waals surface area (Å²) in [4.78, 5) is 12.0. The van der Waals surface area contributed by atoms with Gasteiger partial charge in [0.15, 0.2) is 0 Å². The molecule has 1 aromatic heterocycles. The topological polar surface area (TPSA) is 36.2 Å². The first-order valence-electron chi connectivity index (χ1n) is 6.13. The molecule has 2 aromatic rings. The van der Waals surface area contributed by atoms with Gasteiger partial charge < -0.3 is 4.74 Å². The second kappa shape index (κ2) is 5.58. The lowest BCUT2D eigenvalue weighted by Crippen LogP contribution is -2.24. The minimum Gasteiger partial charge on any atom is -0.497 e. The summed E-state index contributed by atoms with van der Waals surface area (Å²) in [6, 6.07) is 7.76. The van der Waals surface area contributed by atoms with Crippen molar-refractivity contribution in [3.63, 3.8) is 0 Å². The van der Waals surface area contributed by atoms with Crippen LogP contribution in [-0.2, 0) is 13.1 Å². The highest BCUT2D eigenvalue weighted by Gasteiger charge is 2.03. The predicted octanol–water partition coefficient (Wildman–Crippen LogP) is 2.12. The fourth-order valence-electron chi connectivity index (χ4n) is 1.91. The molecule has 96 valence electrons. The van der Waals surface area contributed by atoms with Gasteiger partial charge in [0, 0.05) is 18.9 Å². The number of rotatable bonds is 5. The highest BCUT2D eigenvalue weighted by Crippen LogP contribution is 2.11. The van der Waals surface area contributed by atoms with Gasteiger partial charge in [-0.1, -0.05) is 19.1 Å². The Morgan fingerprint density at radius 2 is 1.78 bits per heavy atom. The maximum absolute atomic E-state index is 12.0. The van der Waals surface area contributed by atoms with Crippen molar-refractivity contribution in [2.24, 2.45) is 0 Å². The highest BCUT2D eigenvalue weighted by atomic mass is 16.5. The first kappa shape index (κ1) is 12.5. The molecule has 4 nitrogen and oxygen atoms in total. The second-order valence-corrected chi connectivity index (χ2v) is 4.25. The van der Waals surface area contributed by atoms with Crippen molar-refractivity contribution in [2.45, 2.75) is 26.4 Å². The number of methoxy groups -OCH3 is 1. The fourth-order valence-corrected chi connectivity index (χ4v) is 1.91. The molecule has 4 heteroatoms. The summed E-state index contributed by atoms with van der Waals surface area (Å²) >= 11 is 0. The molecule has 2 rings (SSSR count). The van der Waals surface area contributed by atoms with Crippen LogP contribution in [0.1, 0.15) is 18.9 Å². The van der Waals surface area contributed by atoms with Gasteiger partial charge in [-0.05, 0) is 24.1 Å². The summed E-state index contributed by atoms with van der Waals surface area (Å²) in [6.45, 7) is 3.43. The molecule has 0 saturated heterocycles. The van der Waals surface area contributed by atoms with E-state index in [2.05, 4.69) is 6.92 Å². The minimum absolute atomic E-state index is 0.0488. The van der Waals surface area contributed by atoms with Crippen molar-refractivity contribution in [2.75, 3.05) is 7.11 Å². The molecule has 0 spiro atoms. The second-order valence-electron chi connectivity index (χ2n) is 4.25. The van der Waals surface area contributed by atoms with Crippen molar-refractivity contribution in [1.29, 1.82) is 0 Å². The van der Waals surface area contributed by atoms with E-state index in [1.54, 1.807) is 16.2 Å². The van der Waals surface area contributed by atoms with Gasteiger partial charge in [0.25, 0.3) is 0 Å². The van der Waals surface area contributed by atoms with Crippen LogP contribution in [0.2, 0.25) is 0 Å². The first-order chi connectivity index (χ1) is 8.74. The summed E-state index contributed by atoms with van der Waals surface area (Å²) in [6.07, 6.45) is 4.64. The van der Waals surface area contributed by atoms with E-state index in [9.17, 15) is 4.79 Å². The lowest BCUT2D eigenvalue weighted by Gasteiger charge is -2.04. The van der Waals surface area contributed by atoms with Gasteiger partial charge in [0.05, 0.1) is 13.7 Å². The third-order valence-electron chi connectivity index (χ3n) is 2.89. The van der Waals surface area contributed by atoms with Crippen molar-refractivity contribution >= 4 is 0 Å². The van der Waals surface area contributed by atoms with Gasteiger partial charge in [-0.2, -0.15) is 0 Å². The molecule has 0 amide bonds. The Hall–Kier alpha value is -1.97. The van der Waals surface area contributed by atoms with Crippen molar-refractivity contribution < 1.29 is 4.74 Å². The van der Waals surface area contributed by atoms with Gasteiger partial charge >= 0.3 is 5.69 Å². The van der Waals surface area contributed by atoms with E-state index in [0.29, 0.717) is 6.54 Å². The first-order valence-corrected chi connectivity index (χ1v) is 6.13. The van der Waals surface area contributed by atoms with Gasteiger partial charge in [0.1, 0.15) is 5.75 Å². The average Bonchev–Trinajstić information content (AvgIpc) is 2.73. The Bertz CT molecular complexity index is 552. The maximum atomic E-state index is 12.0. The summed E-state index contributed by atoms with van der Waals surface area (Å²) in [5.74, 6) is 0.828. The molecule has 18 heavy (non-hydrogen) atoms. The lowest BCUT2D eigenvalue weighted by atomic mass is 10.2. The molecular formula is C14H18N2O2. The number of nitrogens with zero attached hydrogens (tertiary/aromatic N) is 2. The largest absolute Gasteiger partial charge is 0.497 e. The van der Waals surface area contributed by atoms with Crippen LogP contribution in [-0.4, -0.2) is 16.2 Å². The van der Waals surface area contributed by atoms with E-state index in [1.165, 1.54) is 0 Å². The normalized spacial score (nSPS) is 10.6. The molecule has 1 aromatic carbocycles. The maximum Gasteiger partial charge on any atom is 0.328 e. The van der Waals surface area contributed by atoms with Gasteiger partial charge in [-0.25, -0.2) is 4.79 Å². The van der Waals surface area contributed by atoms with Crippen molar-refractivity contribution in [3.05, 3.63) is 52.7 Å². The molecule has 0 radical (unpaired) electrons. The van der Waals surface area contributed by atoms with E-state index in [0.717, 1.165) is 24.3 Å². The van der Waals surface area contributed by atoms with Gasteiger partial charge in [-0.15, -0.1) is 0 Å². The van der Waals surface area contributed by atoms with Crippen LogP contribution in [0.4, 0.5) is 0 Å². The number of ether oxygens (including phenoxy) is 1. The molecule has 0 atom stereocenters. The Kier molecular flexibility index (Phi) is 3.87. The molecule has 0 saturated carbocycles. The number of aryl methyl sites for hydroxylation is 1. The molecule has 0 unspecified atom stereocenters. The Balaban J connectivity index is 2.15. The molecule has 0 aliphatic rings. The zero-order chi connectivity index (χ0) is 13.0. The highest BCUT2D eigenvalue weighted by molar-refractivity contribution is 5.27. The summed E-state index contributed by atoms with van der Waals surface area (Å²) in [7, 11) is 1.64. The fraction of sp³-hybridized carbons (Fsp3) is 0.357. The quantitative estimate of drug-likeness (QED) is 0.810. The molecule has 1 heterocycles. The van der Waals surface area contributed by atoms with E-state index in [-0.39, 0.29) is 5.69 Å². The number of imidazole rings is 1. The van der Waals surface area contributed by atoms with Gasteiger partial charge in [-0.3, -0.25) is 9.13 Å². The Morgan fingerprint density at radius 3 is 2.39 bits per heavy atom. The predicted molar refractivity (Wildman–Crippen MR) is 71.1 cm³/mol. The molecule has 0 bridgehead atoms. The molecule has 0 N–H and O–H groups in total. The molecule has 0 aliphatic heterocycles. The summed E-state index contributed by atoms with van der Waals surface area (Å²) in [5, 5.41) is 0. The van der Waals surface area contributed by atoms with E-state index < -0.39 is 0 Å². The zero-order valence-electron chi connectivity index (χ0n) is 10.8. The number of hydrogen-bond donors (Lipinski definition) is 0. The molecule has 0 fully saturated rings.